The Kier molecular flexibility index (Phi) is 4.37. The van der Waals surface area contributed by atoms with E-state index < -0.39 is 6.03 Å². The third-order valence-electron chi connectivity index (χ3n) is 4.16. The van der Waals surface area contributed by atoms with Crippen molar-refractivity contribution in [1.29, 1.82) is 0 Å². The topological polar surface area (TPSA) is 92.9 Å². The van der Waals surface area contributed by atoms with E-state index in [1.165, 1.54) is 0 Å². The Hall–Kier alpha value is -3.93. The van der Waals surface area contributed by atoms with Crippen LogP contribution in [0.2, 0.25) is 0 Å². The van der Waals surface area contributed by atoms with Crippen molar-refractivity contribution in [2.75, 3.05) is 10.6 Å². The summed E-state index contributed by atoms with van der Waals surface area (Å²) in [6.07, 6.45) is 1.55. The van der Waals surface area contributed by atoms with E-state index in [2.05, 4.69) is 26.7 Å². The first-order valence-corrected chi connectivity index (χ1v) is 8.43. The van der Waals surface area contributed by atoms with Gasteiger partial charge in [-0.3, -0.25) is 0 Å². The fourth-order valence-corrected chi connectivity index (χ4v) is 2.88. The summed E-state index contributed by atoms with van der Waals surface area (Å²) < 4.78 is 0. The highest BCUT2D eigenvalue weighted by atomic mass is 16.2. The Morgan fingerprint density at radius 1 is 0.815 bits per heavy atom. The van der Waals surface area contributed by atoms with Gasteiger partial charge in [0.25, 0.3) is 0 Å². The number of nitrogens with two attached hydrogens (primary N) is 1. The predicted molar refractivity (Wildman–Crippen MR) is 108 cm³/mol. The maximum atomic E-state index is 10.9. The van der Waals surface area contributed by atoms with Gasteiger partial charge in [-0.05, 0) is 47.5 Å². The zero-order chi connectivity index (χ0) is 18.6. The Morgan fingerprint density at radius 2 is 1.56 bits per heavy atom. The van der Waals surface area contributed by atoms with Crippen LogP contribution in [-0.2, 0) is 0 Å². The molecule has 0 bridgehead atoms. The summed E-state index contributed by atoms with van der Waals surface area (Å²) in [6, 6.07) is 22.8. The molecule has 1 aromatic heterocycles. The van der Waals surface area contributed by atoms with Crippen molar-refractivity contribution in [3.63, 3.8) is 0 Å². The standard InChI is InChI=1S/C21H17N5O/c22-21(27)26-17-9-6-14(7-10-17)15-8-11-19-18(12-15)20(24-13-23-19)25-16-4-2-1-3-5-16/h1-13H,(H3,22,26,27)(H,23,24,25). The minimum absolute atomic E-state index is 0.581. The first-order valence-electron chi connectivity index (χ1n) is 8.43. The minimum Gasteiger partial charge on any atom is -0.351 e. The smallest absolute Gasteiger partial charge is 0.316 e. The first kappa shape index (κ1) is 16.5. The fraction of sp³-hybridized carbons (Fsp3) is 0. The molecule has 0 atom stereocenters. The third-order valence-corrected chi connectivity index (χ3v) is 4.16. The molecule has 6 nitrogen and oxygen atoms in total. The van der Waals surface area contributed by atoms with Gasteiger partial charge in [-0.15, -0.1) is 0 Å². The van der Waals surface area contributed by atoms with Gasteiger partial charge in [-0.1, -0.05) is 36.4 Å². The summed E-state index contributed by atoms with van der Waals surface area (Å²) in [5.74, 6) is 0.750. The van der Waals surface area contributed by atoms with Gasteiger partial charge in [-0.2, -0.15) is 0 Å². The van der Waals surface area contributed by atoms with Gasteiger partial charge in [0.15, 0.2) is 0 Å². The Bertz CT molecular complexity index is 1090. The average molecular weight is 355 g/mol. The van der Waals surface area contributed by atoms with Gasteiger partial charge in [0.05, 0.1) is 5.52 Å². The molecule has 0 fully saturated rings. The molecule has 27 heavy (non-hydrogen) atoms. The number of urea groups is 1. The molecule has 6 heteroatoms. The van der Waals surface area contributed by atoms with E-state index in [9.17, 15) is 4.79 Å². The number of hydrogen-bond acceptors (Lipinski definition) is 4. The quantitative estimate of drug-likeness (QED) is 0.501. The van der Waals surface area contributed by atoms with Crippen LogP contribution in [0.15, 0.2) is 79.1 Å². The molecule has 2 amide bonds. The lowest BCUT2D eigenvalue weighted by atomic mass is 10.0. The van der Waals surface area contributed by atoms with Crippen LogP contribution < -0.4 is 16.4 Å². The Labute approximate surface area is 156 Å². The zero-order valence-corrected chi connectivity index (χ0v) is 14.4. The largest absolute Gasteiger partial charge is 0.351 e. The minimum atomic E-state index is -0.581. The molecule has 4 N–H and O–H groups in total. The molecule has 0 saturated heterocycles. The van der Waals surface area contributed by atoms with E-state index in [-0.39, 0.29) is 0 Å². The maximum absolute atomic E-state index is 10.9. The van der Waals surface area contributed by atoms with Crippen molar-refractivity contribution >= 4 is 34.1 Å². The van der Waals surface area contributed by atoms with Crippen LogP contribution in [0.1, 0.15) is 0 Å². The highest BCUT2D eigenvalue weighted by Gasteiger charge is 2.07. The number of fused-ring (bicyclic) bond motifs is 1. The summed E-state index contributed by atoms with van der Waals surface area (Å²) in [7, 11) is 0. The molecule has 0 aliphatic rings. The molecule has 4 aromatic rings. The molecular weight excluding hydrogens is 338 g/mol. The van der Waals surface area contributed by atoms with Crippen LogP contribution in [0, 0.1) is 0 Å². The second-order valence-electron chi connectivity index (χ2n) is 6.01. The molecule has 0 aliphatic heterocycles. The Morgan fingerprint density at radius 3 is 2.30 bits per heavy atom. The van der Waals surface area contributed by atoms with E-state index >= 15 is 0 Å². The lowest BCUT2D eigenvalue weighted by molar-refractivity contribution is 0.259. The van der Waals surface area contributed by atoms with Crippen molar-refractivity contribution in [2.24, 2.45) is 5.73 Å². The third kappa shape index (κ3) is 3.69. The van der Waals surface area contributed by atoms with Crippen molar-refractivity contribution in [1.82, 2.24) is 9.97 Å². The summed E-state index contributed by atoms with van der Waals surface area (Å²) in [6.45, 7) is 0. The summed E-state index contributed by atoms with van der Waals surface area (Å²) in [5, 5.41) is 6.83. The van der Waals surface area contributed by atoms with Crippen LogP contribution in [-0.4, -0.2) is 16.0 Å². The second kappa shape index (κ2) is 7.13. The monoisotopic (exact) mass is 355 g/mol. The molecule has 0 unspecified atom stereocenters. The van der Waals surface area contributed by atoms with E-state index in [0.29, 0.717) is 5.69 Å². The van der Waals surface area contributed by atoms with E-state index in [0.717, 1.165) is 33.5 Å². The number of benzene rings is 3. The van der Waals surface area contributed by atoms with Crippen LogP contribution >= 0.6 is 0 Å². The zero-order valence-electron chi connectivity index (χ0n) is 14.4. The van der Waals surface area contributed by atoms with Crippen molar-refractivity contribution in [3.8, 4) is 11.1 Å². The van der Waals surface area contributed by atoms with Gasteiger partial charge in [0.1, 0.15) is 12.1 Å². The number of anilines is 3. The van der Waals surface area contributed by atoms with E-state index in [1.54, 1.807) is 6.33 Å². The van der Waals surface area contributed by atoms with Crippen molar-refractivity contribution in [3.05, 3.63) is 79.1 Å². The number of primary amides is 1. The van der Waals surface area contributed by atoms with Gasteiger partial charge >= 0.3 is 6.03 Å². The number of aromatic nitrogens is 2. The summed E-state index contributed by atoms with van der Waals surface area (Å²) in [5.41, 5.74) is 9.66. The SMILES string of the molecule is NC(=O)Nc1ccc(-c2ccc3ncnc(Nc4ccccc4)c3c2)cc1. The van der Waals surface area contributed by atoms with Gasteiger partial charge in [-0.25, -0.2) is 14.8 Å². The lowest BCUT2D eigenvalue weighted by Crippen LogP contribution is -2.19. The van der Waals surface area contributed by atoms with Gasteiger partial charge < -0.3 is 16.4 Å². The second-order valence-corrected chi connectivity index (χ2v) is 6.01. The molecule has 0 aliphatic carbocycles. The molecule has 0 radical (unpaired) electrons. The number of carbonyl (C=O) groups is 1. The number of carbonyl (C=O) groups excluding carboxylic acids is 1. The summed E-state index contributed by atoms with van der Waals surface area (Å²) >= 11 is 0. The number of nitrogens with zero attached hydrogens (tertiary/aromatic N) is 2. The average Bonchev–Trinajstić information content (AvgIpc) is 2.69. The molecule has 0 spiro atoms. The maximum Gasteiger partial charge on any atom is 0.316 e. The highest BCUT2D eigenvalue weighted by Crippen LogP contribution is 2.29. The molecule has 1 heterocycles. The van der Waals surface area contributed by atoms with Gasteiger partial charge in [0.2, 0.25) is 0 Å². The van der Waals surface area contributed by atoms with Crippen molar-refractivity contribution in [2.45, 2.75) is 0 Å². The molecule has 3 aromatic carbocycles. The number of para-hydroxylation sites is 1. The van der Waals surface area contributed by atoms with Crippen LogP contribution in [0.3, 0.4) is 0 Å². The predicted octanol–water partition coefficient (Wildman–Crippen LogP) is 4.53. The molecular formula is C21H17N5O. The summed E-state index contributed by atoms with van der Waals surface area (Å²) in [4.78, 5) is 19.7. The van der Waals surface area contributed by atoms with Crippen LogP contribution in [0.4, 0.5) is 22.0 Å². The Balaban J connectivity index is 1.70. The number of hydrogen-bond donors (Lipinski definition) is 3. The number of nitrogens with one attached hydrogen (secondary N) is 2. The van der Waals surface area contributed by atoms with Crippen LogP contribution in [0.5, 0.6) is 0 Å². The number of rotatable bonds is 4. The van der Waals surface area contributed by atoms with E-state index in [4.69, 9.17) is 5.73 Å². The highest BCUT2D eigenvalue weighted by molar-refractivity contribution is 5.94. The molecule has 0 saturated carbocycles. The normalized spacial score (nSPS) is 10.5. The van der Waals surface area contributed by atoms with Crippen molar-refractivity contribution < 1.29 is 4.79 Å². The fourth-order valence-electron chi connectivity index (χ4n) is 2.88. The number of amides is 2. The molecule has 4 rings (SSSR count). The first-order chi connectivity index (χ1) is 13.2. The van der Waals surface area contributed by atoms with Crippen LogP contribution in [0.25, 0.3) is 22.0 Å². The molecule has 132 valence electrons. The van der Waals surface area contributed by atoms with Gasteiger partial charge in [0, 0.05) is 16.8 Å². The lowest BCUT2D eigenvalue weighted by Gasteiger charge is -2.10. The van der Waals surface area contributed by atoms with E-state index in [1.807, 2.05) is 66.7 Å².